The summed E-state index contributed by atoms with van der Waals surface area (Å²) < 4.78 is 5.03. The molecule has 0 radical (unpaired) electrons. The predicted molar refractivity (Wildman–Crippen MR) is 93.2 cm³/mol. The van der Waals surface area contributed by atoms with Crippen molar-refractivity contribution in [3.8, 4) is 0 Å². The monoisotopic (exact) mass is 333 g/mol. The number of quaternary nitrogens is 1. The number of ether oxygens (including phenoxy) is 1. The Hall–Kier alpha value is -1.69. The van der Waals surface area contributed by atoms with Crippen molar-refractivity contribution in [2.24, 2.45) is 0 Å². The van der Waals surface area contributed by atoms with Crippen molar-refractivity contribution in [3.63, 3.8) is 0 Å². The Morgan fingerprint density at radius 3 is 2.70 bits per heavy atom. The molecule has 1 heterocycles. The number of rotatable bonds is 10. The number of hydrogen-bond acceptors (Lipinski definition) is 3. The molecule has 0 fully saturated rings. The maximum atomic E-state index is 12.6. The van der Waals surface area contributed by atoms with Crippen molar-refractivity contribution in [1.29, 1.82) is 0 Å². The Bertz CT molecular complexity index is 558. The van der Waals surface area contributed by atoms with Crippen LogP contribution in [-0.4, -0.2) is 37.6 Å². The first-order valence-electron chi connectivity index (χ1n) is 7.94. The molecule has 1 amide bonds. The van der Waals surface area contributed by atoms with E-state index in [2.05, 4.69) is 28.9 Å². The number of nitrogens with two attached hydrogens (primary N) is 1. The highest BCUT2D eigenvalue weighted by atomic mass is 32.1. The van der Waals surface area contributed by atoms with E-state index in [4.69, 9.17) is 4.74 Å². The first-order valence-corrected chi connectivity index (χ1v) is 8.82. The molecule has 0 atom stereocenters. The third-order valence-corrected chi connectivity index (χ3v) is 4.43. The number of nitrogens with zero attached hydrogens (tertiary/aromatic N) is 1. The highest BCUT2D eigenvalue weighted by molar-refractivity contribution is 7.09. The summed E-state index contributed by atoms with van der Waals surface area (Å²) in [6.07, 6.45) is 0.966. The van der Waals surface area contributed by atoms with E-state index in [1.54, 1.807) is 18.4 Å². The van der Waals surface area contributed by atoms with Crippen molar-refractivity contribution < 1.29 is 14.8 Å². The van der Waals surface area contributed by atoms with Gasteiger partial charge in [-0.1, -0.05) is 36.4 Å². The van der Waals surface area contributed by atoms with Crippen LogP contribution in [0.15, 0.2) is 47.8 Å². The van der Waals surface area contributed by atoms with Crippen LogP contribution in [0.2, 0.25) is 0 Å². The second-order valence-corrected chi connectivity index (χ2v) is 6.47. The summed E-state index contributed by atoms with van der Waals surface area (Å²) in [7, 11) is 1.70. The number of methoxy groups -OCH3 is 1. The fourth-order valence-corrected chi connectivity index (χ4v) is 3.07. The van der Waals surface area contributed by atoms with Crippen LogP contribution in [0.25, 0.3) is 0 Å². The summed E-state index contributed by atoms with van der Waals surface area (Å²) in [5.74, 6) is 0.180. The fraction of sp³-hybridized carbons (Fsp3) is 0.389. The molecule has 1 aromatic heterocycles. The first kappa shape index (κ1) is 17.7. The van der Waals surface area contributed by atoms with E-state index in [0.717, 1.165) is 25.1 Å². The van der Waals surface area contributed by atoms with Gasteiger partial charge in [0.25, 0.3) is 5.91 Å². The van der Waals surface area contributed by atoms with Crippen molar-refractivity contribution in [2.75, 3.05) is 26.8 Å². The van der Waals surface area contributed by atoms with Crippen molar-refractivity contribution in [2.45, 2.75) is 19.5 Å². The Balaban J connectivity index is 1.91. The van der Waals surface area contributed by atoms with Crippen LogP contribution >= 0.6 is 11.3 Å². The van der Waals surface area contributed by atoms with Crippen LogP contribution in [-0.2, 0) is 22.6 Å². The van der Waals surface area contributed by atoms with E-state index in [0.29, 0.717) is 19.6 Å². The first-order chi connectivity index (χ1) is 11.3. The molecule has 5 heteroatoms. The average Bonchev–Trinajstić information content (AvgIpc) is 3.08. The van der Waals surface area contributed by atoms with E-state index >= 15 is 0 Å². The minimum absolute atomic E-state index is 0.180. The summed E-state index contributed by atoms with van der Waals surface area (Å²) in [6, 6.07) is 14.3. The summed E-state index contributed by atoms with van der Waals surface area (Å²) in [5, 5.41) is 4.12. The number of hydrogen-bond donors (Lipinski definition) is 1. The van der Waals surface area contributed by atoms with Gasteiger partial charge in [0, 0.05) is 25.0 Å². The average molecular weight is 333 g/mol. The van der Waals surface area contributed by atoms with Gasteiger partial charge in [0.2, 0.25) is 0 Å². The van der Waals surface area contributed by atoms with Gasteiger partial charge in [-0.15, -0.1) is 11.3 Å². The van der Waals surface area contributed by atoms with Gasteiger partial charge in [-0.2, -0.15) is 0 Å². The minimum Gasteiger partial charge on any atom is -0.384 e. The zero-order valence-electron chi connectivity index (χ0n) is 13.6. The highest BCUT2D eigenvalue weighted by Gasteiger charge is 2.16. The lowest BCUT2D eigenvalue weighted by atomic mass is 10.2. The lowest BCUT2D eigenvalue weighted by molar-refractivity contribution is -0.645. The molecule has 0 aliphatic rings. The van der Waals surface area contributed by atoms with Crippen LogP contribution in [0.3, 0.4) is 0 Å². The fourth-order valence-electron chi connectivity index (χ4n) is 2.35. The van der Waals surface area contributed by atoms with Gasteiger partial charge in [-0.05, 0) is 17.0 Å². The molecule has 2 aromatic rings. The Kier molecular flexibility index (Phi) is 7.80. The van der Waals surface area contributed by atoms with Gasteiger partial charge in [-0.25, -0.2) is 0 Å². The molecule has 0 saturated heterocycles. The van der Waals surface area contributed by atoms with Gasteiger partial charge in [-0.3, -0.25) is 4.79 Å². The van der Waals surface area contributed by atoms with Crippen molar-refractivity contribution in [3.05, 3.63) is 58.3 Å². The Morgan fingerprint density at radius 1 is 1.17 bits per heavy atom. The lowest BCUT2D eigenvalue weighted by Gasteiger charge is -2.21. The predicted octanol–water partition coefficient (Wildman–Crippen LogP) is 1.88. The summed E-state index contributed by atoms with van der Waals surface area (Å²) >= 11 is 1.69. The van der Waals surface area contributed by atoms with E-state index in [1.165, 1.54) is 4.88 Å². The van der Waals surface area contributed by atoms with Crippen LogP contribution in [0.4, 0.5) is 0 Å². The van der Waals surface area contributed by atoms with Gasteiger partial charge in [0.15, 0.2) is 6.54 Å². The number of carbonyl (C=O) groups is 1. The number of thiophene rings is 1. The largest absolute Gasteiger partial charge is 0.384 e. The number of benzene rings is 1. The maximum Gasteiger partial charge on any atom is 0.278 e. The van der Waals surface area contributed by atoms with Gasteiger partial charge in [0.05, 0.1) is 19.7 Å². The quantitative estimate of drug-likeness (QED) is 0.675. The van der Waals surface area contributed by atoms with Crippen LogP contribution in [0, 0.1) is 0 Å². The van der Waals surface area contributed by atoms with Crippen LogP contribution in [0.5, 0.6) is 0 Å². The molecule has 1 aromatic carbocycles. The van der Waals surface area contributed by atoms with E-state index < -0.39 is 0 Å². The van der Waals surface area contributed by atoms with Gasteiger partial charge in [0.1, 0.15) is 0 Å². The zero-order valence-corrected chi connectivity index (χ0v) is 14.4. The normalized spacial score (nSPS) is 10.7. The maximum absolute atomic E-state index is 12.6. The van der Waals surface area contributed by atoms with Gasteiger partial charge < -0.3 is 15.0 Å². The summed E-state index contributed by atoms with van der Waals surface area (Å²) in [4.78, 5) is 15.7. The molecule has 0 unspecified atom stereocenters. The van der Waals surface area contributed by atoms with E-state index in [9.17, 15) is 4.79 Å². The summed E-state index contributed by atoms with van der Waals surface area (Å²) in [5.41, 5.74) is 1.16. The van der Waals surface area contributed by atoms with E-state index in [1.807, 2.05) is 29.2 Å². The molecule has 0 aliphatic heterocycles. The molecule has 0 saturated carbocycles. The van der Waals surface area contributed by atoms with E-state index in [-0.39, 0.29) is 5.91 Å². The SMILES string of the molecule is COCCC[NH2+]CC(=O)N(Cc1ccccc1)Cc1cccs1. The molecular formula is C18H25N2O2S+. The highest BCUT2D eigenvalue weighted by Crippen LogP contribution is 2.14. The third-order valence-electron chi connectivity index (χ3n) is 3.57. The molecular weight excluding hydrogens is 308 g/mol. The smallest absolute Gasteiger partial charge is 0.278 e. The standard InChI is InChI=1S/C18H24N2O2S/c1-22-11-6-10-19-13-18(21)20(15-17-9-5-12-23-17)14-16-7-3-2-4-8-16/h2-5,7-9,12,19H,6,10-11,13-15H2,1H3/p+1. The molecule has 23 heavy (non-hydrogen) atoms. The third kappa shape index (κ3) is 6.52. The second-order valence-electron chi connectivity index (χ2n) is 5.44. The molecule has 2 N–H and O–H groups in total. The number of amides is 1. The van der Waals surface area contributed by atoms with Crippen molar-refractivity contribution in [1.82, 2.24) is 4.90 Å². The molecule has 0 bridgehead atoms. The van der Waals surface area contributed by atoms with Gasteiger partial charge >= 0.3 is 0 Å². The Morgan fingerprint density at radius 2 is 2.00 bits per heavy atom. The van der Waals surface area contributed by atoms with Crippen molar-refractivity contribution >= 4 is 17.2 Å². The minimum atomic E-state index is 0.180. The molecule has 0 spiro atoms. The van der Waals surface area contributed by atoms with Crippen LogP contribution in [0.1, 0.15) is 16.9 Å². The Labute approximate surface area is 142 Å². The number of carbonyl (C=O) groups excluding carboxylic acids is 1. The topological polar surface area (TPSA) is 46.1 Å². The molecule has 124 valence electrons. The lowest BCUT2D eigenvalue weighted by Crippen LogP contribution is -2.86. The second kappa shape index (κ2) is 10.2. The van der Waals surface area contributed by atoms with Crippen LogP contribution < -0.4 is 5.32 Å². The molecule has 2 rings (SSSR count). The molecule has 4 nitrogen and oxygen atoms in total. The molecule has 0 aliphatic carbocycles. The zero-order chi connectivity index (χ0) is 16.3. The summed E-state index contributed by atoms with van der Waals surface area (Å²) in [6.45, 7) is 3.48.